The maximum absolute atomic E-state index is 13.0. The van der Waals surface area contributed by atoms with Gasteiger partial charge in [-0.3, -0.25) is 9.69 Å². The van der Waals surface area contributed by atoms with Crippen LogP contribution in [0.1, 0.15) is 0 Å². The monoisotopic (exact) mass is 386 g/mol. The van der Waals surface area contributed by atoms with E-state index in [1.807, 2.05) is 60.5 Å². The van der Waals surface area contributed by atoms with Crippen molar-refractivity contribution in [1.82, 2.24) is 0 Å². The van der Waals surface area contributed by atoms with Crippen molar-refractivity contribution in [3.63, 3.8) is 0 Å². The van der Waals surface area contributed by atoms with Gasteiger partial charge in [0, 0.05) is 18.0 Å². The molecule has 0 saturated carbocycles. The lowest BCUT2D eigenvalue weighted by molar-refractivity contribution is -0.113. The van der Waals surface area contributed by atoms with Crippen LogP contribution >= 0.6 is 35.7 Å². The van der Waals surface area contributed by atoms with Crippen LogP contribution in [0.3, 0.4) is 0 Å². The molecule has 4 rings (SSSR count). The number of anilines is 2. The molecule has 0 bridgehead atoms. The topological polar surface area (TPSA) is 32.8 Å². The van der Waals surface area contributed by atoms with Gasteiger partial charge in [-0.05, 0) is 24.3 Å². The quantitative estimate of drug-likeness (QED) is 0.559. The highest BCUT2D eigenvalue weighted by Gasteiger charge is 2.39. The number of fused-ring (bicyclic) bond motifs is 1. The second-order valence-corrected chi connectivity index (χ2v) is 8.15. The number of hydrogen-bond donors (Lipinski definition) is 0. The molecule has 1 fully saturated rings. The Balaban J connectivity index is 1.73. The minimum atomic E-state index is -0.0738. The lowest BCUT2D eigenvalue weighted by Crippen LogP contribution is -2.28. The first-order valence-electron chi connectivity index (χ1n) is 7.55. The van der Waals surface area contributed by atoms with Crippen molar-refractivity contribution in [3.05, 3.63) is 58.5 Å². The Morgan fingerprint density at radius 2 is 1.84 bits per heavy atom. The Bertz CT molecular complexity index is 912. The number of rotatable bonds is 2. The van der Waals surface area contributed by atoms with Crippen molar-refractivity contribution < 1.29 is 9.53 Å². The molecule has 4 nitrogen and oxygen atoms in total. The molecule has 25 heavy (non-hydrogen) atoms. The standard InChI is InChI=1S/C18H14N2O2S3/c1-19-13-10-12(22-2)8-9-14(13)24-17(19)15-16(21)20(18(23)25-15)11-6-4-3-5-7-11/h3-10H,1-2H3. The number of methoxy groups -OCH3 is 1. The second kappa shape index (κ2) is 6.40. The van der Waals surface area contributed by atoms with E-state index in [1.54, 1.807) is 23.8 Å². The summed E-state index contributed by atoms with van der Waals surface area (Å²) in [4.78, 5) is 18.4. The Labute approximate surface area is 159 Å². The normalized spacial score (nSPS) is 19.6. The van der Waals surface area contributed by atoms with Gasteiger partial charge in [-0.2, -0.15) is 0 Å². The van der Waals surface area contributed by atoms with E-state index in [2.05, 4.69) is 0 Å². The third kappa shape index (κ3) is 2.72. The van der Waals surface area contributed by atoms with Crippen LogP contribution in [-0.4, -0.2) is 24.4 Å². The molecule has 126 valence electrons. The van der Waals surface area contributed by atoms with Crippen molar-refractivity contribution in [2.75, 3.05) is 24.0 Å². The maximum atomic E-state index is 13.0. The smallest absolute Gasteiger partial charge is 0.273 e. The van der Waals surface area contributed by atoms with Gasteiger partial charge in [0.05, 0.1) is 23.5 Å². The number of carbonyl (C=O) groups excluding carboxylic acids is 1. The molecule has 2 aliphatic rings. The zero-order valence-corrected chi connectivity index (χ0v) is 16.0. The van der Waals surface area contributed by atoms with Gasteiger partial charge >= 0.3 is 0 Å². The van der Waals surface area contributed by atoms with Crippen molar-refractivity contribution in [2.45, 2.75) is 4.90 Å². The summed E-state index contributed by atoms with van der Waals surface area (Å²) in [6.07, 6.45) is 0. The number of amides is 1. The molecule has 2 aliphatic heterocycles. The van der Waals surface area contributed by atoms with Crippen molar-refractivity contribution in [1.29, 1.82) is 0 Å². The number of thiocarbonyl (C=S) groups is 1. The van der Waals surface area contributed by atoms with E-state index in [0.717, 1.165) is 27.0 Å². The van der Waals surface area contributed by atoms with E-state index < -0.39 is 0 Å². The van der Waals surface area contributed by atoms with Gasteiger partial charge < -0.3 is 9.64 Å². The highest BCUT2D eigenvalue weighted by molar-refractivity contribution is 8.27. The summed E-state index contributed by atoms with van der Waals surface area (Å²) in [6.45, 7) is 0. The number of carbonyl (C=O) groups is 1. The minimum absolute atomic E-state index is 0.0738. The van der Waals surface area contributed by atoms with E-state index in [-0.39, 0.29) is 5.91 Å². The third-order valence-corrected chi connectivity index (χ3v) is 6.74. The van der Waals surface area contributed by atoms with Crippen LogP contribution in [0.25, 0.3) is 0 Å². The highest BCUT2D eigenvalue weighted by Crippen LogP contribution is 2.51. The number of benzene rings is 2. The summed E-state index contributed by atoms with van der Waals surface area (Å²) in [5.41, 5.74) is 1.83. The first-order chi connectivity index (χ1) is 12.1. The second-order valence-electron chi connectivity index (χ2n) is 5.47. The molecule has 2 heterocycles. The van der Waals surface area contributed by atoms with Gasteiger partial charge in [-0.1, -0.05) is 53.9 Å². The number of ether oxygens (including phenoxy) is 1. The molecule has 2 aromatic carbocycles. The fourth-order valence-corrected chi connectivity index (χ4v) is 5.35. The summed E-state index contributed by atoms with van der Waals surface area (Å²) >= 11 is 8.40. The number of hydrogen-bond acceptors (Lipinski definition) is 6. The largest absolute Gasteiger partial charge is 0.497 e. The van der Waals surface area contributed by atoms with E-state index >= 15 is 0 Å². The van der Waals surface area contributed by atoms with E-state index in [4.69, 9.17) is 17.0 Å². The van der Waals surface area contributed by atoms with Crippen LogP contribution < -0.4 is 14.5 Å². The first kappa shape index (κ1) is 16.5. The zero-order chi connectivity index (χ0) is 17.6. The van der Waals surface area contributed by atoms with Gasteiger partial charge in [0.15, 0.2) is 4.32 Å². The Kier molecular flexibility index (Phi) is 4.23. The molecule has 0 atom stereocenters. The Hall–Kier alpha value is -1.96. The van der Waals surface area contributed by atoms with Crippen molar-refractivity contribution in [3.8, 4) is 5.75 Å². The van der Waals surface area contributed by atoms with Crippen LogP contribution in [-0.2, 0) is 4.79 Å². The molecular formula is C18H14N2O2S3. The van der Waals surface area contributed by atoms with Gasteiger partial charge in [0.1, 0.15) is 10.7 Å². The van der Waals surface area contributed by atoms with E-state index in [9.17, 15) is 4.79 Å². The van der Waals surface area contributed by atoms with Crippen LogP contribution in [0.4, 0.5) is 11.4 Å². The predicted molar refractivity (Wildman–Crippen MR) is 108 cm³/mol. The number of nitrogens with zero attached hydrogens (tertiary/aromatic N) is 2. The highest BCUT2D eigenvalue weighted by atomic mass is 32.2. The molecule has 0 unspecified atom stereocenters. The zero-order valence-electron chi connectivity index (χ0n) is 13.6. The Morgan fingerprint density at radius 1 is 1.08 bits per heavy atom. The van der Waals surface area contributed by atoms with Crippen molar-refractivity contribution >= 4 is 57.3 Å². The van der Waals surface area contributed by atoms with E-state index in [0.29, 0.717) is 9.23 Å². The summed E-state index contributed by atoms with van der Waals surface area (Å²) in [5, 5.41) is 0.902. The summed E-state index contributed by atoms with van der Waals surface area (Å²) in [7, 11) is 3.61. The molecule has 1 amide bonds. The fraction of sp³-hybridized carbons (Fsp3) is 0.111. The van der Waals surface area contributed by atoms with Crippen LogP contribution in [0, 0.1) is 0 Å². The Morgan fingerprint density at radius 3 is 2.56 bits per heavy atom. The number of thioether (sulfide) groups is 2. The van der Waals surface area contributed by atoms with Gasteiger partial charge in [-0.25, -0.2) is 0 Å². The van der Waals surface area contributed by atoms with E-state index in [1.165, 1.54) is 11.8 Å². The average molecular weight is 387 g/mol. The molecule has 0 aliphatic carbocycles. The first-order valence-corrected chi connectivity index (χ1v) is 9.59. The lowest BCUT2D eigenvalue weighted by Gasteiger charge is -2.16. The molecule has 0 spiro atoms. The van der Waals surface area contributed by atoms with Crippen LogP contribution in [0.5, 0.6) is 5.75 Å². The number of para-hydroxylation sites is 1. The van der Waals surface area contributed by atoms with Gasteiger partial charge in [-0.15, -0.1) is 0 Å². The average Bonchev–Trinajstić information content (AvgIpc) is 3.11. The molecule has 0 radical (unpaired) electrons. The maximum Gasteiger partial charge on any atom is 0.273 e. The predicted octanol–water partition coefficient (Wildman–Crippen LogP) is 4.47. The molecule has 1 saturated heterocycles. The van der Waals surface area contributed by atoms with Crippen LogP contribution in [0.15, 0.2) is 63.4 Å². The summed E-state index contributed by atoms with van der Waals surface area (Å²) in [5.74, 6) is 0.722. The molecule has 7 heteroatoms. The molecular weight excluding hydrogens is 372 g/mol. The van der Waals surface area contributed by atoms with Gasteiger partial charge in [0.2, 0.25) is 0 Å². The van der Waals surface area contributed by atoms with Gasteiger partial charge in [0.25, 0.3) is 5.91 Å². The minimum Gasteiger partial charge on any atom is -0.497 e. The lowest BCUT2D eigenvalue weighted by atomic mass is 10.3. The fourth-order valence-electron chi connectivity index (χ4n) is 2.75. The molecule has 0 N–H and O–H groups in total. The van der Waals surface area contributed by atoms with Crippen molar-refractivity contribution in [2.24, 2.45) is 0 Å². The molecule has 0 aromatic heterocycles. The van der Waals surface area contributed by atoms with Crippen LogP contribution in [0.2, 0.25) is 0 Å². The SMILES string of the molecule is COc1ccc2c(c1)N(C)C(=C1SC(=S)N(c3ccccc3)C1=O)S2. The summed E-state index contributed by atoms with van der Waals surface area (Å²) < 4.78 is 5.87. The summed E-state index contributed by atoms with van der Waals surface area (Å²) in [6, 6.07) is 15.4. The molecule has 2 aromatic rings. The third-order valence-electron chi connectivity index (χ3n) is 4.02.